The number of benzene rings is 1. The molecule has 0 spiro atoms. The molecule has 19 heavy (non-hydrogen) atoms. The molecule has 0 heterocycles. The molecule has 0 aromatic heterocycles. The number of amides is 1. The van der Waals surface area contributed by atoms with Crippen molar-refractivity contribution < 1.29 is 14.5 Å². The van der Waals surface area contributed by atoms with Crippen molar-refractivity contribution in [2.45, 2.75) is 32.8 Å². The van der Waals surface area contributed by atoms with Crippen molar-refractivity contribution >= 4 is 11.6 Å². The van der Waals surface area contributed by atoms with Crippen LogP contribution in [0.2, 0.25) is 0 Å². The number of rotatable bonds is 6. The second-order valence-electron chi connectivity index (χ2n) is 4.21. The molecule has 0 fully saturated rings. The van der Waals surface area contributed by atoms with Crippen molar-refractivity contribution in [2.24, 2.45) is 5.84 Å². The van der Waals surface area contributed by atoms with Crippen LogP contribution in [0.25, 0.3) is 0 Å². The van der Waals surface area contributed by atoms with Gasteiger partial charge in [-0.2, -0.15) is 0 Å². The van der Waals surface area contributed by atoms with Crippen molar-refractivity contribution in [3.8, 4) is 5.75 Å². The van der Waals surface area contributed by atoms with E-state index >= 15 is 0 Å². The fourth-order valence-electron chi connectivity index (χ4n) is 1.64. The van der Waals surface area contributed by atoms with Crippen LogP contribution in [0.3, 0.4) is 0 Å². The van der Waals surface area contributed by atoms with E-state index in [1.807, 2.05) is 5.43 Å². The van der Waals surface area contributed by atoms with E-state index in [9.17, 15) is 14.9 Å². The monoisotopic (exact) mass is 267 g/mol. The minimum Gasteiger partial charge on any atom is -0.484 e. The van der Waals surface area contributed by atoms with Crippen LogP contribution in [0.1, 0.15) is 25.3 Å². The molecular formula is C12H17N3O4. The van der Waals surface area contributed by atoms with Crippen molar-refractivity contribution in [1.82, 2.24) is 5.43 Å². The molecule has 104 valence electrons. The molecule has 0 radical (unpaired) electrons. The quantitative estimate of drug-likeness (QED) is 0.351. The zero-order valence-electron chi connectivity index (χ0n) is 10.9. The molecule has 0 aliphatic carbocycles. The highest BCUT2D eigenvalue weighted by atomic mass is 16.6. The number of nitro groups is 1. The maximum atomic E-state index is 11.0. The van der Waals surface area contributed by atoms with Crippen molar-refractivity contribution in [2.75, 3.05) is 0 Å². The first-order chi connectivity index (χ1) is 8.95. The maximum absolute atomic E-state index is 11.0. The molecular weight excluding hydrogens is 250 g/mol. The Morgan fingerprint density at radius 1 is 1.58 bits per heavy atom. The van der Waals surface area contributed by atoms with E-state index < -0.39 is 4.92 Å². The Kier molecular flexibility index (Phi) is 5.25. The van der Waals surface area contributed by atoms with Gasteiger partial charge in [-0.1, -0.05) is 12.1 Å². The van der Waals surface area contributed by atoms with Gasteiger partial charge in [-0.05, 0) is 26.3 Å². The number of para-hydroxylation sites is 1. The Morgan fingerprint density at radius 2 is 2.26 bits per heavy atom. The first-order valence-electron chi connectivity index (χ1n) is 5.85. The SMILES string of the molecule is Cc1cccc(OC(C)CCC(=O)NN)c1[N+](=O)[O-]. The van der Waals surface area contributed by atoms with E-state index in [4.69, 9.17) is 10.6 Å². The molecule has 0 bridgehead atoms. The zero-order chi connectivity index (χ0) is 14.4. The van der Waals surface area contributed by atoms with Gasteiger partial charge in [0.05, 0.1) is 11.0 Å². The first kappa shape index (κ1) is 14.9. The Labute approximate surface area is 110 Å². The third kappa shape index (κ3) is 4.22. The summed E-state index contributed by atoms with van der Waals surface area (Å²) in [5, 5.41) is 11.0. The Hall–Kier alpha value is -2.15. The van der Waals surface area contributed by atoms with Crippen LogP contribution in [0.5, 0.6) is 5.75 Å². The van der Waals surface area contributed by atoms with E-state index in [1.54, 1.807) is 32.0 Å². The van der Waals surface area contributed by atoms with Crippen LogP contribution >= 0.6 is 0 Å². The lowest BCUT2D eigenvalue weighted by Gasteiger charge is -2.14. The summed E-state index contributed by atoms with van der Waals surface area (Å²) in [5.41, 5.74) is 2.51. The van der Waals surface area contributed by atoms with Gasteiger partial charge in [-0.3, -0.25) is 20.3 Å². The zero-order valence-corrected chi connectivity index (χ0v) is 10.9. The van der Waals surface area contributed by atoms with Crippen LogP contribution in [-0.4, -0.2) is 16.9 Å². The molecule has 1 atom stereocenters. The summed E-state index contributed by atoms with van der Waals surface area (Å²) in [6.45, 7) is 3.40. The van der Waals surface area contributed by atoms with Crippen LogP contribution in [0, 0.1) is 17.0 Å². The average Bonchev–Trinajstić information content (AvgIpc) is 2.35. The number of hydrogen-bond donors (Lipinski definition) is 2. The Balaban J connectivity index is 2.74. The van der Waals surface area contributed by atoms with Gasteiger partial charge >= 0.3 is 5.69 Å². The molecule has 0 aliphatic heterocycles. The lowest BCUT2D eigenvalue weighted by molar-refractivity contribution is -0.386. The average molecular weight is 267 g/mol. The van der Waals surface area contributed by atoms with Gasteiger partial charge in [-0.25, -0.2) is 5.84 Å². The van der Waals surface area contributed by atoms with Gasteiger partial charge in [0, 0.05) is 12.0 Å². The summed E-state index contributed by atoms with van der Waals surface area (Å²) in [6, 6.07) is 4.89. The van der Waals surface area contributed by atoms with Gasteiger partial charge in [0.1, 0.15) is 0 Å². The molecule has 1 aromatic carbocycles. The molecule has 1 rings (SSSR count). The summed E-state index contributed by atoms with van der Waals surface area (Å²) in [6.07, 6.45) is 0.309. The number of aryl methyl sites for hydroxylation is 1. The fourth-order valence-corrected chi connectivity index (χ4v) is 1.64. The minimum atomic E-state index is -0.468. The van der Waals surface area contributed by atoms with E-state index in [-0.39, 0.29) is 29.9 Å². The van der Waals surface area contributed by atoms with Crippen LogP contribution < -0.4 is 16.0 Å². The highest BCUT2D eigenvalue weighted by Crippen LogP contribution is 2.31. The van der Waals surface area contributed by atoms with Gasteiger partial charge in [0.2, 0.25) is 5.91 Å². The number of nitrogens with one attached hydrogen (secondary N) is 1. The summed E-state index contributed by atoms with van der Waals surface area (Å²) in [4.78, 5) is 21.5. The highest BCUT2D eigenvalue weighted by molar-refractivity contribution is 5.75. The molecule has 1 aromatic rings. The normalized spacial score (nSPS) is 11.7. The number of carbonyl (C=O) groups is 1. The number of carbonyl (C=O) groups excluding carboxylic acids is 1. The summed E-state index contributed by atoms with van der Waals surface area (Å²) in [5.74, 6) is 4.88. The minimum absolute atomic E-state index is 0.0439. The second kappa shape index (κ2) is 6.69. The molecule has 0 saturated heterocycles. The highest BCUT2D eigenvalue weighted by Gasteiger charge is 2.20. The topological polar surface area (TPSA) is 107 Å². The molecule has 1 amide bonds. The lowest BCUT2D eigenvalue weighted by atomic mass is 10.1. The van der Waals surface area contributed by atoms with E-state index in [0.29, 0.717) is 12.0 Å². The number of nitrogens with zero attached hydrogens (tertiary/aromatic N) is 1. The predicted molar refractivity (Wildman–Crippen MR) is 69.5 cm³/mol. The van der Waals surface area contributed by atoms with Gasteiger partial charge in [0.25, 0.3) is 0 Å². The number of hydrazine groups is 1. The van der Waals surface area contributed by atoms with Crippen molar-refractivity contribution in [3.05, 3.63) is 33.9 Å². The second-order valence-corrected chi connectivity index (χ2v) is 4.21. The van der Waals surface area contributed by atoms with E-state index in [2.05, 4.69) is 0 Å². The van der Waals surface area contributed by atoms with Crippen molar-refractivity contribution in [1.29, 1.82) is 0 Å². The first-order valence-corrected chi connectivity index (χ1v) is 5.85. The number of nitrogens with two attached hydrogens (primary N) is 1. The molecule has 7 nitrogen and oxygen atoms in total. The maximum Gasteiger partial charge on any atom is 0.313 e. The van der Waals surface area contributed by atoms with E-state index in [1.165, 1.54) is 0 Å². The molecule has 3 N–H and O–H groups in total. The van der Waals surface area contributed by atoms with Gasteiger partial charge < -0.3 is 4.74 Å². The van der Waals surface area contributed by atoms with Crippen LogP contribution in [0.4, 0.5) is 5.69 Å². The largest absolute Gasteiger partial charge is 0.484 e. The fraction of sp³-hybridized carbons (Fsp3) is 0.417. The van der Waals surface area contributed by atoms with E-state index in [0.717, 1.165) is 0 Å². The number of hydrogen-bond acceptors (Lipinski definition) is 5. The third-order valence-corrected chi connectivity index (χ3v) is 2.65. The van der Waals surface area contributed by atoms with Gasteiger partial charge in [-0.15, -0.1) is 0 Å². The molecule has 7 heteroatoms. The Bertz CT molecular complexity index is 476. The van der Waals surface area contributed by atoms with Crippen LogP contribution in [-0.2, 0) is 4.79 Å². The summed E-state index contributed by atoms with van der Waals surface area (Å²) in [7, 11) is 0. The molecule has 0 aliphatic rings. The third-order valence-electron chi connectivity index (χ3n) is 2.65. The number of nitro benzene ring substituents is 1. The van der Waals surface area contributed by atoms with Crippen molar-refractivity contribution in [3.63, 3.8) is 0 Å². The lowest BCUT2D eigenvalue weighted by Crippen LogP contribution is -2.30. The number of ether oxygens (including phenoxy) is 1. The molecule has 1 unspecified atom stereocenters. The molecule has 0 saturated carbocycles. The summed E-state index contributed by atoms with van der Waals surface area (Å²) < 4.78 is 5.52. The standard InChI is InChI=1S/C12H17N3O4/c1-8-4-3-5-10(12(8)15(17)18)19-9(2)6-7-11(16)14-13/h3-5,9H,6-7,13H2,1-2H3,(H,14,16). The predicted octanol–water partition coefficient (Wildman–Crippen LogP) is 1.44. The Morgan fingerprint density at radius 3 is 2.84 bits per heavy atom. The summed E-state index contributed by atoms with van der Waals surface area (Å²) >= 11 is 0. The smallest absolute Gasteiger partial charge is 0.313 e. The van der Waals surface area contributed by atoms with Gasteiger partial charge in [0.15, 0.2) is 5.75 Å². The van der Waals surface area contributed by atoms with Crippen LogP contribution in [0.15, 0.2) is 18.2 Å².